The maximum atomic E-state index is 5.69. The Labute approximate surface area is 135 Å². The fraction of sp³-hybridized carbons (Fsp3) is 0.444. The van der Waals surface area contributed by atoms with Crippen molar-refractivity contribution in [3.63, 3.8) is 0 Å². The van der Waals surface area contributed by atoms with Gasteiger partial charge in [0, 0.05) is 0 Å². The number of furan rings is 1. The highest BCUT2D eigenvalue weighted by molar-refractivity contribution is 9.10. The van der Waals surface area contributed by atoms with Gasteiger partial charge in [-0.1, -0.05) is 43.5 Å². The molecule has 0 amide bonds. The molecule has 1 fully saturated rings. The summed E-state index contributed by atoms with van der Waals surface area (Å²) in [6.07, 6.45) is 6.86. The molecule has 2 aromatic rings. The summed E-state index contributed by atoms with van der Waals surface area (Å²) in [5.41, 5.74) is 2.74. The van der Waals surface area contributed by atoms with Gasteiger partial charge in [-0.15, -0.1) is 0 Å². The minimum atomic E-state index is 0.108. The summed E-state index contributed by atoms with van der Waals surface area (Å²) in [4.78, 5) is 0. The molecule has 1 aromatic heterocycles. The zero-order valence-corrected chi connectivity index (χ0v) is 14.0. The van der Waals surface area contributed by atoms with Crippen molar-refractivity contribution in [3.8, 4) is 0 Å². The lowest BCUT2D eigenvalue weighted by atomic mass is 9.83. The molecular weight excluding hydrogens is 326 g/mol. The van der Waals surface area contributed by atoms with Gasteiger partial charge in [-0.2, -0.15) is 0 Å². The van der Waals surface area contributed by atoms with Gasteiger partial charge in [0.25, 0.3) is 0 Å². The van der Waals surface area contributed by atoms with Gasteiger partial charge in [0.05, 0.1) is 6.04 Å². The van der Waals surface area contributed by atoms with Crippen molar-refractivity contribution in [1.82, 2.24) is 5.32 Å². The van der Waals surface area contributed by atoms with Crippen molar-refractivity contribution in [2.24, 2.45) is 0 Å². The molecule has 1 aromatic carbocycles. The van der Waals surface area contributed by atoms with E-state index in [9.17, 15) is 0 Å². The number of benzene rings is 1. The second-order valence-electron chi connectivity index (χ2n) is 5.87. The highest BCUT2D eigenvalue weighted by Gasteiger charge is 2.18. The number of hydrogen-bond acceptors (Lipinski definition) is 2. The first-order valence-electron chi connectivity index (χ1n) is 7.80. The van der Waals surface area contributed by atoms with Gasteiger partial charge in [0.1, 0.15) is 5.76 Å². The molecule has 3 heteroatoms. The first-order valence-corrected chi connectivity index (χ1v) is 8.59. The van der Waals surface area contributed by atoms with Gasteiger partial charge in [0.15, 0.2) is 4.67 Å². The molecule has 1 aliphatic carbocycles. The van der Waals surface area contributed by atoms with Gasteiger partial charge in [-0.05, 0) is 65.0 Å². The molecule has 0 saturated heterocycles. The van der Waals surface area contributed by atoms with E-state index in [0.29, 0.717) is 0 Å². The number of halogens is 1. The van der Waals surface area contributed by atoms with Crippen LogP contribution in [-0.2, 0) is 0 Å². The van der Waals surface area contributed by atoms with Gasteiger partial charge >= 0.3 is 0 Å². The molecule has 1 unspecified atom stereocenters. The number of rotatable bonds is 4. The minimum Gasteiger partial charge on any atom is -0.452 e. The van der Waals surface area contributed by atoms with Crippen molar-refractivity contribution in [2.45, 2.75) is 44.1 Å². The van der Waals surface area contributed by atoms with E-state index in [4.69, 9.17) is 4.42 Å². The standard InChI is InChI=1S/C18H22BrNO/c1-20-18(16-11-12-17(19)21-16)15-9-7-14(8-10-15)13-5-3-2-4-6-13/h7-13,18,20H,2-6H2,1H3. The summed E-state index contributed by atoms with van der Waals surface area (Å²) in [6.45, 7) is 0. The molecule has 1 atom stereocenters. The molecule has 1 saturated carbocycles. The SMILES string of the molecule is CNC(c1ccc(C2CCCCC2)cc1)c1ccc(Br)o1. The molecule has 0 bridgehead atoms. The summed E-state index contributed by atoms with van der Waals surface area (Å²) in [6, 6.07) is 13.1. The topological polar surface area (TPSA) is 25.2 Å². The lowest BCUT2D eigenvalue weighted by Crippen LogP contribution is -2.17. The average Bonchev–Trinajstić information content (AvgIpc) is 2.96. The highest BCUT2D eigenvalue weighted by atomic mass is 79.9. The Morgan fingerprint density at radius 3 is 2.33 bits per heavy atom. The molecule has 1 aliphatic rings. The van der Waals surface area contributed by atoms with Crippen molar-refractivity contribution >= 4 is 15.9 Å². The molecule has 2 nitrogen and oxygen atoms in total. The van der Waals surface area contributed by atoms with E-state index in [0.717, 1.165) is 16.3 Å². The van der Waals surface area contributed by atoms with Crippen LogP contribution in [0.25, 0.3) is 0 Å². The third-order valence-corrected chi connectivity index (χ3v) is 4.94. The second-order valence-corrected chi connectivity index (χ2v) is 6.65. The molecule has 3 rings (SSSR count). The van der Waals surface area contributed by atoms with E-state index in [1.54, 1.807) is 0 Å². The zero-order chi connectivity index (χ0) is 14.7. The largest absolute Gasteiger partial charge is 0.452 e. The maximum absolute atomic E-state index is 5.69. The molecule has 1 heterocycles. The van der Waals surface area contributed by atoms with Crippen LogP contribution in [0.5, 0.6) is 0 Å². The Kier molecular flexibility index (Phi) is 4.81. The van der Waals surface area contributed by atoms with Crippen molar-refractivity contribution < 1.29 is 4.42 Å². The lowest BCUT2D eigenvalue weighted by molar-refractivity contribution is 0.441. The monoisotopic (exact) mass is 347 g/mol. The first-order chi connectivity index (χ1) is 10.3. The minimum absolute atomic E-state index is 0.108. The Bertz CT molecular complexity index is 569. The Hall–Kier alpha value is -1.06. The summed E-state index contributed by atoms with van der Waals surface area (Å²) in [5.74, 6) is 1.70. The highest BCUT2D eigenvalue weighted by Crippen LogP contribution is 2.33. The predicted octanol–water partition coefficient (Wildman–Crippen LogP) is 5.40. The second kappa shape index (κ2) is 6.80. The summed E-state index contributed by atoms with van der Waals surface area (Å²) in [5, 5.41) is 3.33. The number of nitrogens with one attached hydrogen (secondary N) is 1. The van der Waals surface area contributed by atoms with Crippen LogP contribution in [0.4, 0.5) is 0 Å². The smallest absolute Gasteiger partial charge is 0.169 e. The third-order valence-electron chi connectivity index (χ3n) is 4.51. The molecule has 1 N–H and O–H groups in total. The molecular formula is C18H22BrNO. The number of hydrogen-bond donors (Lipinski definition) is 1. The van der Waals surface area contributed by atoms with Gasteiger partial charge in [0.2, 0.25) is 0 Å². The van der Waals surface area contributed by atoms with Crippen LogP contribution in [0.1, 0.15) is 61.0 Å². The van der Waals surface area contributed by atoms with Crippen LogP contribution < -0.4 is 5.32 Å². The van der Waals surface area contributed by atoms with E-state index in [1.807, 2.05) is 19.2 Å². The summed E-state index contributed by atoms with van der Waals surface area (Å²) in [7, 11) is 1.97. The van der Waals surface area contributed by atoms with E-state index in [2.05, 4.69) is 45.5 Å². The summed E-state index contributed by atoms with van der Waals surface area (Å²) < 4.78 is 6.47. The fourth-order valence-electron chi connectivity index (χ4n) is 3.35. The average molecular weight is 348 g/mol. The molecule has 21 heavy (non-hydrogen) atoms. The molecule has 0 radical (unpaired) electrons. The molecule has 0 spiro atoms. The van der Waals surface area contributed by atoms with Crippen molar-refractivity contribution in [3.05, 3.63) is 58.0 Å². The van der Waals surface area contributed by atoms with Crippen LogP contribution in [-0.4, -0.2) is 7.05 Å². The lowest BCUT2D eigenvalue weighted by Gasteiger charge is -2.22. The van der Waals surface area contributed by atoms with E-state index in [1.165, 1.54) is 43.2 Å². The van der Waals surface area contributed by atoms with E-state index in [-0.39, 0.29) is 6.04 Å². The zero-order valence-electron chi connectivity index (χ0n) is 12.4. The fourth-order valence-corrected chi connectivity index (χ4v) is 3.67. The van der Waals surface area contributed by atoms with Crippen LogP contribution in [0.3, 0.4) is 0 Å². The third kappa shape index (κ3) is 3.41. The Balaban J connectivity index is 1.78. The van der Waals surface area contributed by atoms with Crippen molar-refractivity contribution in [2.75, 3.05) is 7.05 Å². The predicted molar refractivity (Wildman–Crippen MR) is 89.6 cm³/mol. The van der Waals surface area contributed by atoms with Gasteiger partial charge < -0.3 is 9.73 Å². The summed E-state index contributed by atoms with van der Waals surface area (Å²) >= 11 is 3.37. The van der Waals surface area contributed by atoms with E-state index >= 15 is 0 Å². The normalized spacial score (nSPS) is 17.8. The van der Waals surface area contributed by atoms with Crippen LogP contribution in [0.15, 0.2) is 45.5 Å². The molecule has 0 aliphatic heterocycles. The van der Waals surface area contributed by atoms with Gasteiger partial charge in [-0.25, -0.2) is 0 Å². The Morgan fingerprint density at radius 2 is 1.76 bits per heavy atom. The van der Waals surface area contributed by atoms with Crippen LogP contribution in [0.2, 0.25) is 0 Å². The quantitative estimate of drug-likeness (QED) is 0.800. The van der Waals surface area contributed by atoms with Gasteiger partial charge in [-0.3, -0.25) is 0 Å². The Morgan fingerprint density at radius 1 is 1.05 bits per heavy atom. The van der Waals surface area contributed by atoms with E-state index < -0.39 is 0 Å². The van der Waals surface area contributed by atoms with Crippen molar-refractivity contribution in [1.29, 1.82) is 0 Å². The van der Waals surface area contributed by atoms with Crippen LogP contribution >= 0.6 is 15.9 Å². The molecule has 112 valence electrons. The maximum Gasteiger partial charge on any atom is 0.169 e. The van der Waals surface area contributed by atoms with Crippen LogP contribution in [0, 0.1) is 0 Å². The first kappa shape index (κ1) is 14.9.